The van der Waals surface area contributed by atoms with Gasteiger partial charge in [-0.2, -0.15) is 13.2 Å². The number of halogens is 3. The third kappa shape index (κ3) is 5.25. The second-order valence-corrected chi connectivity index (χ2v) is 9.37. The lowest BCUT2D eigenvalue weighted by atomic mass is 9.76. The zero-order valence-corrected chi connectivity index (χ0v) is 19.7. The van der Waals surface area contributed by atoms with Crippen molar-refractivity contribution in [2.24, 2.45) is 0 Å². The van der Waals surface area contributed by atoms with Gasteiger partial charge in [0.25, 0.3) is 0 Å². The van der Waals surface area contributed by atoms with E-state index in [1.807, 2.05) is 24.3 Å². The van der Waals surface area contributed by atoms with Crippen molar-refractivity contribution in [2.75, 3.05) is 0 Å². The van der Waals surface area contributed by atoms with Crippen LogP contribution in [0, 0.1) is 0 Å². The predicted molar refractivity (Wildman–Crippen MR) is 131 cm³/mol. The van der Waals surface area contributed by atoms with Crippen LogP contribution >= 0.6 is 0 Å². The van der Waals surface area contributed by atoms with Gasteiger partial charge in [0.15, 0.2) is 0 Å². The van der Waals surface area contributed by atoms with E-state index in [4.69, 9.17) is 4.98 Å². The van der Waals surface area contributed by atoms with E-state index >= 15 is 0 Å². The molecule has 0 aliphatic heterocycles. The third-order valence-corrected chi connectivity index (χ3v) is 7.02. The van der Waals surface area contributed by atoms with Gasteiger partial charge in [0.1, 0.15) is 5.69 Å². The van der Waals surface area contributed by atoms with Crippen LogP contribution in [-0.4, -0.2) is 9.97 Å². The SMILES string of the molecule is O=c1[nH]c(-[n+]2ccccc2)nc(C2CCC(c3ccccc3)CC2)c1Cc1cccc(C(F)(F)F)c1. The highest BCUT2D eigenvalue weighted by Gasteiger charge is 2.32. The van der Waals surface area contributed by atoms with Crippen LogP contribution in [0.3, 0.4) is 0 Å². The van der Waals surface area contributed by atoms with Gasteiger partial charge in [0.05, 0.1) is 23.5 Å². The van der Waals surface area contributed by atoms with E-state index in [0.29, 0.717) is 28.7 Å². The van der Waals surface area contributed by atoms with Gasteiger partial charge in [0, 0.05) is 12.3 Å². The van der Waals surface area contributed by atoms with Gasteiger partial charge < -0.3 is 0 Å². The Hall–Kier alpha value is -3.74. The molecular weight excluding hydrogens is 463 g/mol. The van der Waals surface area contributed by atoms with Crippen LogP contribution in [0.2, 0.25) is 0 Å². The molecule has 0 atom stereocenters. The molecule has 0 radical (unpaired) electrons. The fourth-order valence-electron chi connectivity index (χ4n) is 5.16. The van der Waals surface area contributed by atoms with Crippen molar-refractivity contribution < 1.29 is 17.7 Å². The fraction of sp³-hybridized carbons (Fsp3) is 0.276. The van der Waals surface area contributed by atoms with Gasteiger partial charge in [-0.1, -0.05) is 59.6 Å². The second-order valence-electron chi connectivity index (χ2n) is 9.37. The Morgan fingerprint density at radius 3 is 2.22 bits per heavy atom. The summed E-state index contributed by atoms with van der Waals surface area (Å²) in [5, 5.41) is 0. The molecule has 0 unspecified atom stereocenters. The molecule has 1 fully saturated rings. The first kappa shape index (κ1) is 24.0. The number of pyridine rings is 1. The molecule has 0 saturated heterocycles. The molecule has 4 aromatic rings. The predicted octanol–water partition coefficient (Wildman–Crippen LogP) is 6.10. The maximum atomic E-state index is 13.3. The number of hydrogen-bond acceptors (Lipinski definition) is 2. The van der Waals surface area contributed by atoms with E-state index in [0.717, 1.165) is 37.8 Å². The molecule has 2 heterocycles. The highest BCUT2D eigenvalue weighted by Crippen LogP contribution is 2.40. The lowest BCUT2D eigenvalue weighted by Crippen LogP contribution is -2.36. The first-order valence-corrected chi connectivity index (χ1v) is 12.2. The van der Waals surface area contributed by atoms with Crippen LogP contribution in [0.15, 0.2) is 90.0 Å². The number of nitrogens with one attached hydrogen (secondary N) is 1. The fourth-order valence-corrected chi connectivity index (χ4v) is 5.16. The molecule has 2 aromatic carbocycles. The molecule has 1 aliphatic rings. The summed E-state index contributed by atoms with van der Waals surface area (Å²) in [4.78, 5) is 21.0. The average molecular weight is 491 g/mol. The Morgan fingerprint density at radius 2 is 1.53 bits per heavy atom. The number of aromatic amines is 1. The topological polar surface area (TPSA) is 49.6 Å². The van der Waals surface area contributed by atoms with Gasteiger partial charge in [-0.05, 0) is 60.9 Å². The van der Waals surface area contributed by atoms with Gasteiger partial charge in [-0.25, -0.2) is 9.55 Å². The van der Waals surface area contributed by atoms with Gasteiger partial charge in [-0.3, -0.25) is 4.79 Å². The lowest BCUT2D eigenvalue weighted by Gasteiger charge is -2.28. The molecule has 0 spiro atoms. The average Bonchev–Trinajstić information content (AvgIpc) is 2.90. The van der Waals surface area contributed by atoms with Gasteiger partial charge >= 0.3 is 17.7 Å². The summed E-state index contributed by atoms with van der Waals surface area (Å²) in [6, 6.07) is 21.2. The van der Waals surface area contributed by atoms with Crippen LogP contribution in [-0.2, 0) is 12.6 Å². The number of H-pyrrole nitrogens is 1. The number of nitrogens with zero attached hydrogens (tertiary/aromatic N) is 2. The highest BCUT2D eigenvalue weighted by atomic mass is 19.4. The summed E-state index contributed by atoms with van der Waals surface area (Å²) in [5.41, 5.74) is 1.86. The van der Waals surface area contributed by atoms with Crippen LogP contribution in [0.25, 0.3) is 5.95 Å². The Bertz CT molecular complexity index is 1380. The van der Waals surface area contributed by atoms with Gasteiger partial charge in [-0.15, -0.1) is 0 Å². The van der Waals surface area contributed by atoms with Crippen molar-refractivity contribution in [1.29, 1.82) is 0 Å². The first-order chi connectivity index (χ1) is 17.4. The number of hydrogen-bond donors (Lipinski definition) is 1. The van der Waals surface area contributed by atoms with Crippen LogP contribution in [0.5, 0.6) is 0 Å². The van der Waals surface area contributed by atoms with E-state index in [-0.39, 0.29) is 17.9 Å². The molecule has 1 aliphatic carbocycles. The summed E-state index contributed by atoms with van der Waals surface area (Å²) in [7, 11) is 0. The minimum atomic E-state index is -4.44. The van der Waals surface area contributed by atoms with E-state index in [1.54, 1.807) is 23.0 Å². The van der Waals surface area contributed by atoms with Gasteiger partial charge in [0.2, 0.25) is 0 Å². The maximum absolute atomic E-state index is 13.3. The largest absolute Gasteiger partial charge is 0.416 e. The standard InChI is InChI=1S/C29H26F3N3O/c30-29(31,32)24-11-7-8-20(18-24)19-25-26(33-28(34-27(25)36)35-16-5-2-6-17-35)23-14-12-22(13-15-23)21-9-3-1-4-10-21/h1-11,16-18,22-23H,12-15,19H2/p+1. The number of rotatable bonds is 5. The quantitative estimate of drug-likeness (QED) is 0.344. The second kappa shape index (κ2) is 10.1. The van der Waals surface area contributed by atoms with Crippen LogP contribution in [0.4, 0.5) is 13.2 Å². The lowest BCUT2D eigenvalue weighted by molar-refractivity contribution is -0.603. The summed E-state index contributed by atoms with van der Waals surface area (Å²) in [6.45, 7) is 0. The maximum Gasteiger partial charge on any atom is 0.416 e. The molecule has 1 N–H and O–H groups in total. The van der Waals surface area contributed by atoms with Crippen LogP contribution < -0.4 is 10.1 Å². The van der Waals surface area contributed by atoms with Crippen molar-refractivity contribution in [2.45, 2.75) is 50.1 Å². The molecule has 36 heavy (non-hydrogen) atoms. The first-order valence-electron chi connectivity index (χ1n) is 12.2. The van der Waals surface area contributed by atoms with E-state index < -0.39 is 11.7 Å². The zero-order chi connectivity index (χ0) is 25.1. The highest BCUT2D eigenvalue weighted by molar-refractivity contribution is 5.34. The molecule has 5 rings (SSSR count). The Labute approximate surface area is 207 Å². The minimum Gasteiger partial charge on any atom is -0.251 e. The van der Waals surface area contributed by atoms with Crippen molar-refractivity contribution in [3.63, 3.8) is 0 Å². The normalized spacial score (nSPS) is 18.2. The van der Waals surface area contributed by atoms with Crippen molar-refractivity contribution >= 4 is 0 Å². The number of alkyl halides is 3. The number of aromatic nitrogens is 3. The smallest absolute Gasteiger partial charge is 0.251 e. The minimum absolute atomic E-state index is 0.0659. The molecule has 184 valence electrons. The Kier molecular flexibility index (Phi) is 6.72. The third-order valence-electron chi connectivity index (χ3n) is 7.02. The molecule has 7 heteroatoms. The summed E-state index contributed by atoms with van der Waals surface area (Å²) < 4.78 is 41.6. The molecule has 4 nitrogen and oxygen atoms in total. The van der Waals surface area contributed by atoms with E-state index in [1.165, 1.54) is 11.6 Å². The van der Waals surface area contributed by atoms with E-state index in [2.05, 4.69) is 29.2 Å². The molecule has 0 amide bonds. The summed E-state index contributed by atoms with van der Waals surface area (Å²) in [6.07, 6.45) is 2.95. The summed E-state index contributed by atoms with van der Waals surface area (Å²) >= 11 is 0. The summed E-state index contributed by atoms with van der Waals surface area (Å²) in [5.74, 6) is 0.934. The Morgan fingerprint density at radius 1 is 0.861 bits per heavy atom. The van der Waals surface area contributed by atoms with E-state index in [9.17, 15) is 18.0 Å². The molecule has 2 aromatic heterocycles. The van der Waals surface area contributed by atoms with Crippen LogP contribution in [0.1, 0.15) is 65.5 Å². The Balaban J connectivity index is 1.50. The van der Waals surface area contributed by atoms with Crippen molar-refractivity contribution in [3.8, 4) is 5.95 Å². The number of benzene rings is 2. The van der Waals surface area contributed by atoms with Crippen molar-refractivity contribution in [1.82, 2.24) is 9.97 Å². The zero-order valence-electron chi connectivity index (χ0n) is 19.7. The molecular formula is C29H27F3N3O+. The molecule has 1 saturated carbocycles. The molecule has 0 bridgehead atoms. The van der Waals surface area contributed by atoms with Crippen molar-refractivity contribution in [3.05, 3.63) is 123 Å². The monoisotopic (exact) mass is 490 g/mol.